The first-order valence-corrected chi connectivity index (χ1v) is 8.33. The first kappa shape index (κ1) is 16.1. The number of furan rings is 1. The maximum absolute atomic E-state index is 12.9. The number of hydrogen-bond acceptors (Lipinski definition) is 4. The lowest BCUT2D eigenvalue weighted by molar-refractivity contribution is -0.126. The van der Waals surface area contributed by atoms with Crippen LogP contribution < -0.4 is 5.32 Å². The molecule has 6 nitrogen and oxygen atoms in total. The molecule has 0 saturated heterocycles. The number of hydrogen-bond donors (Lipinski definition) is 1. The molecule has 4 rings (SSSR count). The lowest BCUT2D eigenvalue weighted by Gasteiger charge is -2.23. The van der Waals surface area contributed by atoms with Gasteiger partial charge in [0.2, 0.25) is 5.91 Å². The number of nitrogens with zero attached hydrogens (tertiary/aromatic N) is 2. The summed E-state index contributed by atoms with van der Waals surface area (Å²) in [7, 11) is 0. The van der Waals surface area contributed by atoms with Gasteiger partial charge >= 0.3 is 0 Å². The van der Waals surface area contributed by atoms with E-state index in [2.05, 4.69) is 10.3 Å². The Labute approximate surface area is 150 Å². The standard InChI is InChI=1S/C20H17N3O3/c24-19(22-12-14-5-3-9-21-11-14)18-16-7-1-2-8-17(16)20(25)23(18)13-15-6-4-10-26-15/h1-11,18H,12-13H2,(H,22,24)/t18-/m0/s1. The topological polar surface area (TPSA) is 75.4 Å². The maximum Gasteiger partial charge on any atom is 0.255 e. The molecule has 0 aliphatic carbocycles. The summed E-state index contributed by atoms with van der Waals surface area (Å²) in [6.45, 7) is 0.597. The third-order valence-corrected chi connectivity index (χ3v) is 4.40. The molecular weight excluding hydrogens is 330 g/mol. The molecule has 0 spiro atoms. The molecule has 0 fully saturated rings. The number of nitrogens with one attached hydrogen (secondary N) is 1. The Morgan fingerprint density at radius 1 is 1.15 bits per heavy atom. The Kier molecular flexibility index (Phi) is 4.23. The maximum atomic E-state index is 12.9. The molecule has 0 unspecified atom stereocenters. The number of amides is 2. The first-order valence-electron chi connectivity index (χ1n) is 8.33. The van der Waals surface area contributed by atoms with Gasteiger partial charge in [-0.2, -0.15) is 0 Å². The number of pyridine rings is 1. The molecule has 1 aromatic carbocycles. The van der Waals surface area contributed by atoms with Crippen molar-refractivity contribution in [2.24, 2.45) is 0 Å². The minimum atomic E-state index is -0.680. The minimum Gasteiger partial charge on any atom is -0.467 e. The van der Waals surface area contributed by atoms with Gasteiger partial charge in [0.25, 0.3) is 5.91 Å². The van der Waals surface area contributed by atoms with Gasteiger partial charge in [-0.05, 0) is 35.4 Å². The van der Waals surface area contributed by atoms with Gasteiger partial charge in [0, 0.05) is 24.5 Å². The number of fused-ring (bicyclic) bond motifs is 1. The Balaban J connectivity index is 1.59. The van der Waals surface area contributed by atoms with Gasteiger partial charge in [-0.25, -0.2) is 0 Å². The van der Waals surface area contributed by atoms with Crippen molar-refractivity contribution < 1.29 is 14.0 Å². The largest absolute Gasteiger partial charge is 0.467 e. The summed E-state index contributed by atoms with van der Waals surface area (Å²) in [6.07, 6.45) is 4.94. The second-order valence-corrected chi connectivity index (χ2v) is 6.08. The van der Waals surface area contributed by atoms with Crippen LogP contribution in [0.3, 0.4) is 0 Å². The summed E-state index contributed by atoms with van der Waals surface area (Å²) in [5, 5.41) is 2.91. The zero-order valence-corrected chi connectivity index (χ0v) is 14.0. The van der Waals surface area contributed by atoms with Crippen molar-refractivity contribution in [3.63, 3.8) is 0 Å². The highest BCUT2D eigenvalue weighted by molar-refractivity contribution is 6.04. The lowest BCUT2D eigenvalue weighted by atomic mass is 10.0. The summed E-state index contributed by atoms with van der Waals surface area (Å²) >= 11 is 0. The molecule has 1 aliphatic heterocycles. The van der Waals surface area contributed by atoms with Crippen LogP contribution in [0, 0.1) is 0 Å². The first-order chi connectivity index (χ1) is 12.7. The Morgan fingerprint density at radius 3 is 2.81 bits per heavy atom. The van der Waals surface area contributed by atoms with Crippen LogP contribution in [0.4, 0.5) is 0 Å². The van der Waals surface area contributed by atoms with Gasteiger partial charge in [-0.3, -0.25) is 14.6 Å². The van der Waals surface area contributed by atoms with E-state index in [9.17, 15) is 9.59 Å². The molecule has 2 amide bonds. The van der Waals surface area contributed by atoms with Crippen LogP contribution in [0.25, 0.3) is 0 Å². The van der Waals surface area contributed by atoms with Crippen LogP contribution in [0.1, 0.15) is 33.3 Å². The van der Waals surface area contributed by atoms with Gasteiger partial charge < -0.3 is 14.6 Å². The number of aromatic nitrogens is 1. The highest BCUT2D eigenvalue weighted by atomic mass is 16.3. The molecule has 6 heteroatoms. The van der Waals surface area contributed by atoms with Crippen LogP contribution in [-0.2, 0) is 17.9 Å². The molecule has 1 N–H and O–H groups in total. The van der Waals surface area contributed by atoms with E-state index in [0.717, 1.165) is 5.56 Å². The van der Waals surface area contributed by atoms with Crippen molar-refractivity contribution >= 4 is 11.8 Å². The third-order valence-electron chi connectivity index (χ3n) is 4.40. The zero-order valence-electron chi connectivity index (χ0n) is 14.0. The van der Waals surface area contributed by atoms with E-state index in [1.807, 2.05) is 24.3 Å². The highest BCUT2D eigenvalue weighted by Gasteiger charge is 2.41. The van der Waals surface area contributed by atoms with Crippen LogP contribution in [0.2, 0.25) is 0 Å². The third kappa shape index (κ3) is 2.97. The molecule has 130 valence electrons. The quantitative estimate of drug-likeness (QED) is 0.770. The average molecular weight is 347 g/mol. The van der Waals surface area contributed by atoms with Gasteiger partial charge in [-0.1, -0.05) is 24.3 Å². The molecule has 0 saturated carbocycles. The van der Waals surface area contributed by atoms with Crippen molar-refractivity contribution in [1.29, 1.82) is 0 Å². The van der Waals surface area contributed by atoms with E-state index in [-0.39, 0.29) is 18.4 Å². The monoisotopic (exact) mass is 347 g/mol. The number of benzene rings is 1. The number of carbonyl (C=O) groups excluding carboxylic acids is 2. The SMILES string of the molecule is O=C(NCc1cccnc1)[C@@H]1c2ccccc2C(=O)N1Cc1ccco1. The number of carbonyl (C=O) groups is 2. The molecule has 1 atom stereocenters. The second-order valence-electron chi connectivity index (χ2n) is 6.08. The van der Waals surface area contributed by atoms with E-state index in [0.29, 0.717) is 23.4 Å². The van der Waals surface area contributed by atoms with Crippen molar-refractivity contribution in [3.8, 4) is 0 Å². The molecule has 0 radical (unpaired) electrons. The molecule has 2 aromatic heterocycles. The Morgan fingerprint density at radius 2 is 2.04 bits per heavy atom. The van der Waals surface area contributed by atoms with Crippen LogP contribution in [0.5, 0.6) is 0 Å². The summed E-state index contributed by atoms with van der Waals surface area (Å²) < 4.78 is 5.37. The van der Waals surface area contributed by atoms with Crippen molar-refractivity contribution in [1.82, 2.24) is 15.2 Å². The number of rotatable bonds is 5. The average Bonchev–Trinajstić information content (AvgIpc) is 3.28. The normalized spacial score (nSPS) is 15.8. The summed E-state index contributed by atoms with van der Waals surface area (Å²) in [4.78, 5) is 31.3. The smallest absolute Gasteiger partial charge is 0.255 e. The molecule has 0 bridgehead atoms. The summed E-state index contributed by atoms with van der Waals surface area (Å²) in [5.74, 6) is 0.244. The molecular formula is C20H17N3O3. The summed E-state index contributed by atoms with van der Waals surface area (Å²) in [6, 6.07) is 13.8. The Bertz CT molecular complexity index is 922. The fourth-order valence-electron chi connectivity index (χ4n) is 3.17. The van der Waals surface area contributed by atoms with Crippen LogP contribution in [0.15, 0.2) is 71.6 Å². The van der Waals surface area contributed by atoms with E-state index in [1.165, 1.54) is 0 Å². The van der Waals surface area contributed by atoms with Crippen molar-refractivity contribution in [3.05, 3.63) is 89.6 Å². The predicted molar refractivity (Wildman–Crippen MR) is 93.8 cm³/mol. The van der Waals surface area contributed by atoms with Crippen LogP contribution in [-0.4, -0.2) is 21.7 Å². The molecule has 3 heterocycles. The predicted octanol–water partition coefficient (Wildman–Crippen LogP) is 2.69. The Hall–Kier alpha value is -3.41. The minimum absolute atomic E-state index is 0.168. The van der Waals surface area contributed by atoms with Gasteiger partial charge in [-0.15, -0.1) is 0 Å². The van der Waals surface area contributed by atoms with E-state index in [4.69, 9.17) is 4.42 Å². The van der Waals surface area contributed by atoms with Gasteiger partial charge in [0.1, 0.15) is 11.8 Å². The molecule has 3 aromatic rings. The van der Waals surface area contributed by atoms with Crippen molar-refractivity contribution in [2.45, 2.75) is 19.1 Å². The lowest BCUT2D eigenvalue weighted by Crippen LogP contribution is -2.38. The fourth-order valence-corrected chi connectivity index (χ4v) is 3.17. The highest BCUT2D eigenvalue weighted by Crippen LogP contribution is 2.35. The second kappa shape index (κ2) is 6.84. The van der Waals surface area contributed by atoms with E-state index >= 15 is 0 Å². The summed E-state index contributed by atoms with van der Waals surface area (Å²) in [5.41, 5.74) is 2.17. The fraction of sp³-hybridized carbons (Fsp3) is 0.150. The molecule has 1 aliphatic rings. The van der Waals surface area contributed by atoms with E-state index in [1.54, 1.807) is 47.8 Å². The van der Waals surface area contributed by atoms with Gasteiger partial charge in [0.05, 0.1) is 12.8 Å². The van der Waals surface area contributed by atoms with E-state index < -0.39 is 6.04 Å². The van der Waals surface area contributed by atoms with Crippen LogP contribution >= 0.6 is 0 Å². The molecule has 26 heavy (non-hydrogen) atoms. The zero-order chi connectivity index (χ0) is 17.9. The van der Waals surface area contributed by atoms with Gasteiger partial charge in [0.15, 0.2) is 0 Å². The van der Waals surface area contributed by atoms with Crippen molar-refractivity contribution in [2.75, 3.05) is 0 Å².